The van der Waals surface area contributed by atoms with Crippen LogP contribution in [0.5, 0.6) is 0 Å². The number of nitrogens with two attached hydrogens (primary N) is 1. The predicted molar refractivity (Wildman–Crippen MR) is 102 cm³/mol. The Hall–Kier alpha value is -3.36. The second-order valence-corrected chi connectivity index (χ2v) is 7.65. The predicted octanol–water partition coefficient (Wildman–Crippen LogP) is 3.31. The standard InChI is InChI=1S/C20H13FN2O4S/c21-14-5-8-17-16(10-14)19(24)18(13-2-1-9-23-11-13)20(27-17)12-3-6-15(7-4-12)28(22,25)26/h1-11H,(H2,22,25,26). The van der Waals surface area contributed by atoms with Crippen molar-refractivity contribution in [2.45, 2.75) is 4.90 Å². The van der Waals surface area contributed by atoms with Gasteiger partial charge in [0.25, 0.3) is 0 Å². The molecule has 0 aliphatic rings. The number of fused-ring (bicyclic) bond motifs is 1. The maximum Gasteiger partial charge on any atom is 0.238 e. The summed E-state index contributed by atoms with van der Waals surface area (Å²) in [6.07, 6.45) is 3.06. The van der Waals surface area contributed by atoms with E-state index < -0.39 is 21.3 Å². The highest BCUT2D eigenvalue weighted by Crippen LogP contribution is 2.32. The molecule has 0 fully saturated rings. The number of halogens is 1. The van der Waals surface area contributed by atoms with Crippen molar-refractivity contribution in [3.63, 3.8) is 0 Å². The summed E-state index contributed by atoms with van der Waals surface area (Å²) in [4.78, 5) is 17.1. The minimum atomic E-state index is -3.86. The van der Waals surface area contributed by atoms with Gasteiger partial charge in [-0.15, -0.1) is 0 Å². The third kappa shape index (κ3) is 3.19. The van der Waals surface area contributed by atoms with Gasteiger partial charge in [-0.25, -0.2) is 17.9 Å². The zero-order valence-corrected chi connectivity index (χ0v) is 15.1. The van der Waals surface area contributed by atoms with Crippen LogP contribution in [-0.4, -0.2) is 13.4 Å². The molecule has 0 saturated heterocycles. The quantitative estimate of drug-likeness (QED) is 0.572. The van der Waals surface area contributed by atoms with Gasteiger partial charge >= 0.3 is 0 Å². The number of primary sulfonamides is 1. The van der Waals surface area contributed by atoms with E-state index in [-0.39, 0.29) is 27.2 Å². The molecule has 0 amide bonds. The fraction of sp³-hybridized carbons (Fsp3) is 0. The minimum absolute atomic E-state index is 0.0654. The number of nitrogens with zero attached hydrogens (tertiary/aromatic N) is 1. The van der Waals surface area contributed by atoms with E-state index in [0.29, 0.717) is 11.1 Å². The van der Waals surface area contributed by atoms with Crippen molar-refractivity contribution < 1.29 is 17.2 Å². The number of benzene rings is 2. The van der Waals surface area contributed by atoms with Crippen molar-refractivity contribution in [2.75, 3.05) is 0 Å². The maximum atomic E-state index is 13.7. The Kier molecular flexibility index (Phi) is 4.29. The summed E-state index contributed by atoms with van der Waals surface area (Å²) in [6.45, 7) is 0. The lowest BCUT2D eigenvalue weighted by Crippen LogP contribution is -2.12. The molecule has 2 aromatic carbocycles. The van der Waals surface area contributed by atoms with Crippen molar-refractivity contribution in [2.24, 2.45) is 5.14 Å². The summed E-state index contributed by atoms with van der Waals surface area (Å²) >= 11 is 0. The number of hydrogen-bond acceptors (Lipinski definition) is 5. The first-order valence-electron chi connectivity index (χ1n) is 8.14. The Morgan fingerprint density at radius 2 is 1.75 bits per heavy atom. The Labute approximate surface area is 159 Å². The number of aromatic nitrogens is 1. The second-order valence-electron chi connectivity index (χ2n) is 6.09. The molecule has 28 heavy (non-hydrogen) atoms. The summed E-state index contributed by atoms with van der Waals surface area (Å²) in [5, 5.41) is 5.23. The van der Waals surface area contributed by atoms with Crippen LogP contribution < -0.4 is 10.6 Å². The highest BCUT2D eigenvalue weighted by molar-refractivity contribution is 7.89. The lowest BCUT2D eigenvalue weighted by atomic mass is 9.99. The molecule has 0 spiro atoms. The summed E-state index contributed by atoms with van der Waals surface area (Å²) in [7, 11) is -3.86. The van der Waals surface area contributed by atoms with E-state index in [1.54, 1.807) is 18.3 Å². The number of rotatable bonds is 3. The molecule has 0 unspecified atom stereocenters. The number of hydrogen-bond donors (Lipinski definition) is 1. The molecule has 2 aromatic heterocycles. The molecule has 0 bridgehead atoms. The van der Waals surface area contributed by atoms with Crippen LogP contribution in [0.25, 0.3) is 33.4 Å². The van der Waals surface area contributed by atoms with Gasteiger partial charge < -0.3 is 4.42 Å². The summed E-state index contributed by atoms with van der Waals surface area (Å²) in [6, 6.07) is 12.7. The van der Waals surface area contributed by atoms with Crippen molar-refractivity contribution in [1.29, 1.82) is 0 Å². The second kappa shape index (κ2) is 6.66. The zero-order valence-electron chi connectivity index (χ0n) is 14.3. The lowest BCUT2D eigenvalue weighted by Gasteiger charge is -2.11. The highest BCUT2D eigenvalue weighted by atomic mass is 32.2. The molecular weight excluding hydrogens is 383 g/mol. The molecule has 0 saturated carbocycles. The molecule has 0 atom stereocenters. The van der Waals surface area contributed by atoms with Crippen LogP contribution in [0.2, 0.25) is 0 Å². The molecule has 4 rings (SSSR count). The van der Waals surface area contributed by atoms with Gasteiger partial charge in [0.2, 0.25) is 15.5 Å². The van der Waals surface area contributed by atoms with E-state index in [4.69, 9.17) is 9.56 Å². The van der Waals surface area contributed by atoms with Crippen LogP contribution in [0.15, 0.2) is 81.1 Å². The van der Waals surface area contributed by atoms with Gasteiger partial charge in [-0.3, -0.25) is 9.78 Å². The fourth-order valence-electron chi connectivity index (χ4n) is 2.94. The molecule has 8 heteroatoms. The third-order valence-corrected chi connectivity index (χ3v) is 5.18. The van der Waals surface area contributed by atoms with Gasteiger partial charge in [0.1, 0.15) is 17.2 Å². The lowest BCUT2D eigenvalue weighted by molar-refractivity contribution is 0.597. The van der Waals surface area contributed by atoms with Gasteiger partial charge in [0.15, 0.2) is 0 Å². The van der Waals surface area contributed by atoms with Crippen molar-refractivity contribution >= 4 is 21.0 Å². The van der Waals surface area contributed by atoms with E-state index in [2.05, 4.69) is 4.98 Å². The molecule has 6 nitrogen and oxygen atoms in total. The van der Waals surface area contributed by atoms with Crippen LogP contribution in [0.3, 0.4) is 0 Å². The van der Waals surface area contributed by atoms with Gasteiger partial charge in [0.05, 0.1) is 15.8 Å². The van der Waals surface area contributed by atoms with Crippen LogP contribution in [0.4, 0.5) is 4.39 Å². The monoisotopic (exact) mass is 396 g/mol. The number of sulfonamides is 1. The Morgan fingerprint density at radius 3 is 2.39 bits per heavy atom. The Morgan fingerprint density at radius 1 is 1.00 bits per heavy atom. The smallest absolute Gasteiger partial charge is 0.238 e. The first-order valence-corrected chi connectivity index (χ1v) is 9.69. The summed E-state index contributed by atoms with van der Waals surface area (Å²) in [5.74, 6) is -0.333. The Bertz CT molecular complexity index is 1350. The normalized spacial score (nSPS) is 11.6. The van der Waals surface area contributed by atoms with E-state index in [9.17, 15) is 17.6 Å². The van der Waals surface area contributed by atoms with Gasteiger partial charge in [-0.1, -0.05) is 6.07 Å². The van der Waals surface area contributed by atoms with Crippen LogP contribution in [0, 0.1) is 5.82 Å². The summed E-state index contributed by atoms with van der Waals surface area (Å²) < 4.78 is 42.6. The molecule has 2 heterocycles. The first kappa shape index (κ1) is 18.0. The highest BCUT2D eigenvalue weighted by Gasteiger charge is 2.19. The van der Waals surface area contributed by atoms with Crippen LogP contribution >= 0.6 is 0 Å². The molecule has 4 aromatic rings. The largest absolute Gasteiger partial charge is 0.455 e. The summed E-state index contributed by atoms with van der Waals surface area (Å²) in [5.41, 5.74) is 0.959. The van der Waals surface area contributed by atoms with Crippen LogP contribution in [-0.2, 0) is 10.0 Å². The first-order chi connectivity index (χ1) is 13.3. The van der Waals surface area contributed by atoms with Gasteiger partial charge in [-0.05, 0) is 48.5 Å². The number of pyridine rings is 1. The van der Waals surface area contributed by atoms with Crippen molar-refractivity contribution in [1.82, 2.24) is 4.98 Å². The average Bonchev–Trinajstić information content (AvgIpc) is 2.68. The van der Waals surface area contributed by atoms with Gasteiger partial charge in [0, 0.05) is 23.5 Å². The minimum Gasteiger partial charge on any atom is -0.455 e. The zero-order chi connectivity index (χ0) is 19.9. The van der Waals surface area contributed by atoms with E-state index in [0.717, 1.165) is 6.07 Å². The topological polar surface area (TPSA) is 103 Å². The van der Waals surface area contributed by atoms with E-state index >= 15 is 0 Å². The SMILES string of the molecule is NS(=O)(=O)c1ccc(-c2oc3ccc(F)cc3c(=O)c2-c2cccnc2)cc1. The fourth-order valence-corrected chi connectivity index (χ4v) is 3.45. The van der Waals surface area contributed by atoms with Crippen molar-refractivity contribution in [3.05, 3.63) is 83.0 Å². The maximum absolute atomic E-state index is 13.7. The van der Waals surface area contributed by atoms with Crippen LogP contribution in [0.1, 0.15) is 0 Å². The average molecular weight is 396 g/mol. The van der Waals surface area contributed by atoms with Gasteiger partial charge in [-0.2, -0.15) is 0 Å². The van der Waals surface area contributed by atoms with E-state index in [1.165, 1.54) is 42.6 Å². The molecular formula is C20H13FN2O4S. The molecule has 0 radical (unpaired) electrons. The molecule has 0 aliphatic heterocycles. The molecule has 140 valence electrons. The van der Waals surface area contributed by atoms with E-state index in [1.807, 2.05) is 0 Å². The van der Waals surface area contributed by atoms with Crippen molar-refractivity contribution in [3.8, 4) is 22.5 Å². The Balaban J connectivity index is 2.04. The molecule has 0 aliphatic carbocycles. The molecule has 2 N–H and O–H groups in total. The third-order valence-electron chi connectivity index (χ3n) is 4.25.